The van der Waals surface area contributed by atoms with Gasteiger partial charge in [-0.15, -0.1) is 0 Å². The minimum Gasteiger partial charge on any atom is -0.453 e. The molecule has 232 valence electrons. The van der Waals surface area contributed by atoms with Gasteiger partial charge in [-0.1, -0.05) is 6.92 Å². The van der Waals surface area contributed by atoms with E-state index in [4.69, 9.17) is 20.9 Å². The summed E-state index contributed by atoms with van der Waals surface area (Å²) in [7, 11) is 3.89. The van der Waals surface area contributed by atoms with Crippen LogP contribution in [0.2, 0.25) is 0 Å². The zero-order valence-corrected chi connectivity index (χ0v) is 24.4. The average Bonchev–Trinajstić information content (AvgIpc) is 3.26. The Balaban J connectivity index is 1.43. The summed E-state index contributed by atoms with van der Waals surface area (Å²) in [5, 5.41) is 10.6. The number of nitrogens with zero attached hydrogens (tertiary/aromatic N) is 7. The molecule has 3 amide bonds. The van der Waals surface area contributed by atoms with E-state index in [-0.39, 0.29) is 52.9 Å². The molecule has 4 heterocycles. The molecule has 4 aromatic rings. The van der Waals surface area contributed by atoms with Gasteiger partial charge in [0.15, 0.2) is 11.5 Å². The molecule has 16 heteroatoms. The second-order valence-electron chi connectivity index (χ2n) is 11.0. The van der Waals surface area contributed by atoms with Crippen LogP contribution in [0.15, 0.2) is 29.2 Å². The van der Waals surface area contributed by atoms with Gasteiger partial charge in [-0.05, 0) is 43.7 Å². The molecule has 0 aromatic carbocycles. The molecule has 0 radical (unpaired) electrons. The normalized spacial score (nSPS) is 25.9. The maximum atomic E-state index is 13.6. The highest BCUT2D eigenvalue weighted by molar-refractivity contribution is 5.99. The number of ether oxygens (including phenoxy) is 2. The third-order valence-corrected chi connectivity index (χ3v) is 8.46. The van der Waals surface area contributed by atoms with Crippen molar-refractivity contribution in [1.82, 2.24) is 34.2 Å². The van der Waals surface area contributed by atoms with Crippen LogP contribution >= 0.6 is 0 Å². The molecular weight excluding hydrogens is 572 g/mol. The minimum absolute atomic E-state index is 0.0256. The molecule has 4 aromatic heterocycles. The summed E-state index contributed by atoms with van der Waals surface area (Å²) in [6.45, 7) is -0.969. The van der Waals surface area contributed by atoms with Crippen LogP contribution in [0.25, 0.3) is 22.1 Å². The number of aryl methyl sites for hydroxylation is 1. The smallest absolute Gasteiger partial charge is 0.414 e. The number of hydrogen-bond donors (Lipinski definition) is 3. The number of carbonyl (C=O) groups is 3. The van der Waals surface area contributed by atoms with Crippen molar-refractivity contribution in [2.75, 3.05) is 31.5 Å². The molecule has 16 nitrogen and oxygen atoms in total. The summed E-state index contributed by atoms with van der Waals surface area (Å²) in [6, 6.07) is 2.72. The first-order chi connectivity index (χ1) is 22.5. The van der Waals surface area contributed by atoms with E-state index in [1.165, 1.54) is 47.7 Å². The number of fused-ring (bicyclic) bond motifs is 2. The van der Waals surface area contributed by atoms with Gasteiger partial charge in [0, 0.05) is 36.3 Å². The number of pyridine rings is 2. The number of primary amides is 1. The highest BCUT2D eigenvalue weighted by Gasteiger charge is 2.60. The molecule has 2 aliphatic carbocycles. The fourth-order valence-corrected chi connectivity index (χ4v) is 5.98. The molecule has 2 fully saturated rings. The quantitative estimate of drug-likeness (QED) is 0.279. The predicted molar refractivity (Wildman–Crippen MR) is 160 cm³/mol. The summed E-state index contributed by atoms with van der Waals surface area (Å²) in [5.74, 6) is -0.0733. The lowest BCUT2D eigenvalue weighted by Crippen LogP contribution is -2.37. The summed E-state index contributed by atoms with van der Waals surface area (Å²) in [4.78, 5) is 60.8. The third-order valence-electron chi connectivity index (χ3n) is 8.46. The summed E-state index contributed by atoms with van der Waals surface area (Å²) >= 11 is 0. The number of methoxy groups -OCH3 is 2. The first kappa shape index (κ1) is 24.3. The largest absolute Gasteiger partial charge is 0.453 e. The standard InChI is InChI=1S/C28H34N10O6/c1-14-12-28(14,24(29)39)38-22-17(23(34-38)36(3)27(42)44-5)8-9-20(33-22)32-21-11-18-19(13-30-21)35(2)26(41)37(18)16-7-6-15(10-16)31-25(40)43-4/h8-9,11,13-16H,6-7,10,12H2,1-5H3,(H2,29,39)(H,31,40)(H,30,32,33)/t14-,15+,16+,28-/m0/s1/i2D3,15D. The van der Waals surface area contributed by atoms with Crippen LogP contribution in [0.1, 0.15) is 44.1 Å². The maximum absolute atomic E-state index is 13.6. The molecule has 2 aliphatic rings. The van der Waals surface area contributed by atoms with E-state index in [0.717, 1.165) is 0 Å². The number of imidazole rings is 1. The number of carbonyl (C=O) groups excluding carboxylic acids is 3. The highest BCUT2D eigenvalue weighted by Crippen LogP contribution is 2.51. The molecule has 0 spiro atoms. The van der Waals surface area contributed by atoms with E-state index in [1.54, 1.807) is 12.1 Å². The number of aromatic nitrogens is 6. The summed E-state index contributed by atoms with van der Waals surface area (Å²) in [6.07, 6.45) is 0.752. The lowest BCUT2D eigenvalue weighted by molar-refractivity contribution is -0.123. The van der Waals surface area contributed by atoms with Crippen molar-refractivity contribution < 1.29 is 29.3 Å². The molecule has 0 unspecified atom stereocenters. The van der Waals surface area contributed by atoms with Crippen molar-refractivity contribution in [2.24, 2.45) is 18.6 Å². The highest BCUT2D eigenvalue weighted by atomic mass is 16.5. The molecule has 6 rings (SSSR count). The van der Waals surface area contributed by atoms with E-state index >= 15 is 0 Å². The Morgan fingerprint density at radius 3 is 2.64 bits per heavy atom. The van der Waals surface area contributed by atoms with Crippen LogP contribution in [0.4, 0.5) is 27.0 Å². The first-order valence-corrected chi connectivity index (χ1v) is 13.8. The van der Waals surface area contributed by atoms with E-state index in [1.807, 2.05) is 6.92 Å². The topological polar surface area (TPSA) is 194 Å². The fourth-order valence-electron chi connectivity index (χ4n) is 5.98. The Kier molecular flexibility index (Phi) is 5.82. The van der Waals surface area contributed by atoms with E-state index < -0.39 is 48.4 Å². The van der Waals surface area contributed by atoms with Gasteiger partial charge in [0.2, 0.25) is 5.91 Å². The SMILES string of the molecule is [2H]C([2H])([2H])n1c(=O)n([C@@H]2CC[C@@]([2H])(NC(=O)OC)C2)c2cc(Nc3ccc4c(N(C)C(=O)OC)nn([C@@]5(C(N)=O)C[C@@H]5C)c4n3)ncc21. The Morgan fingerprint density at radius 2 is 1.98 bits per heavy atom. The molecule has 0 aliphatic heterocycles. The zero-order valence-electron chi connectivity index (χ0n) is 28.4. The van der Waals surface area contributed by atoms with Gasteiger partial charge in [-0.2, -0.15) is 5.10 Å². The predicted octanol–water partition coefficient (Wildman–Crippen LogP) is 2.10. The van der Waals surface area contributed by atoms with Crippen molar-refractivity contribution in [3.8, 4) is 0 Å². The van der Waals surface area contributed by atoms with E-state index in [0.29, 0.717) is 22.8 Å². The third kappa shape index (κ3) is 4.48. The number of alkyl carbamates (subject to hydrolysis) is 1. The summed E-state index contributed by atoms with van der Waals surface area (Å²) < 4.78 is 45.7. The molecule has 4 atom stereocenters. The van der Waals surface area contributed by atoms with Crippen LogP contribution in [0.5, 0.6) is 0 Å². The zero-order chi connectivity index (χ0) is 34.9. The van der Waals surface area contributed by atoms with Gasteiger partial charge in [0.05, 0.1) is 38.2 Å². The molecular formula is C28H34N10O6. The van der Waals surface area contributed by atoms with Crippen LogP contribution in [-0.4, -0.2) is 74.3 Å². The van der Waals surface area contributed by atoms with Gasteiger partial charge in [-0.3, -0.25) is 18.8 Å². The second kappa shape index (κ2) is 10.5. The van der Waals surface area contributed by atoms with Crippen LogP contribution in [0, 0.1) is 5.92 Å². The number of anilines is 3. The minimum atomic E-state index is -2.82. The average molecular weight is 611 g/mol. The Labute approximate surface area is 256 Å². The van der Waals surface area contributed by atoms with Crippen LogP contribution in [0.3, 0.4) is 0 Å². The molecule has 0 bridgehead atoms. The number of rotatable bonds is 7. The van der Waals surface area contributed by atoms with Gasteiger partial charge in [0.1, 0.15) is 17.2 Å². The van der Waals surface area contributed by atoms with Crippen LogP contribution < -0.4 is 27.0 Å². The Hall–Kier alpha value is -5.15. The van der Waals surface area contributed by atoms with E-state index in [9.17, 15) is 19.2 Å². The van der Waals surface area contributed by atoms with Crippen molar-refractivity contribution in [2.45, 2.75) is 50.2 Å². The second-order valence-corrected chi connectivity index (χ2v) is 11.0. The number of nitrogens with two attached hydrogens (primary N) is 1. The van der Waals surface area contributed by atoms with Crippen molar-refractivity contribution >= 4 is 57.6 Å². The van der Waals surface area contributed by atoms with Crippen LogP contribution in [-0.2, 0) is 26.8 Å². The van der Waals surface area contributed by atoms with Gasteiger partial charge < -0.3 is 25.8 Å². The number of hydrogen-bond acceptors (Lipinski definition) is 10. The fraction of sp³-hybridized carbons (Fsp3) is 0.464. The van der Waals surface area contributed by atoms with Gasteiger partial charge >= 0.3 is 17.9 Å². The lowest BCUT2D eigenvalue weighted by atomic mass is 10.2. The van der Waals surface area contributed by atoms with Gasteiger partial charge in [-0.25, -0.2) is 29.0 Å². The molecule has 4 N–H and O–H groups in total. The Morgan fingerprint density at radius 1 is 1.20 bits per heavy atom. The van der Waals surface area contributed by atoms with Crippen molar-refractivity contribution in [3.63, 3.8) is 0 Å². The van der Waals surface area contributed by atoms with Crippen molar-refractivity contribution in [3.05, 3.63) is 34.9 Å². The molecule has 2 saturated carbocycles. The van der Waals surface area contributed by atoms with Crippen molar-refractivity contribution in [1.29, 1.82) is 0 Å². The first-order valence-electron chi connectivity index (χ1n) is 15.8. The molecule has 44 heavy (non-hydrogen) atoms. The molecule has 0 saturated heterocycles. The summed E-state index contributed by atoms with van der Waals surface area (Å²) in [5.41, 5.74) is 4.42. The maximum Gasteiger partial charge on any atom is 0.414 e. The number of amides is 3. The Bertz CT molecular complexity index is 2040. The lowest BCUT2D eigenvalue weighted by Gasteiger charge is -2.15. The van der Waals surface area contributed by atoms with E-state index in [2.05, 4.69) is 25.5 Å². The monoisotopic (exact) mass is 610 g/mol. The number of nitrogens with one attached hydrogen (secondary N) is 2. The van der Waals surface area contributed by atoms with Gasteiger partial charge in [0.25, 0.3) is 0 Å².